The number of hydrogen-bond donors (Lipinski definition) is 1. The van der Waals surface area contributed by atoms with Crippen LogP contribution in [0.3, 0.4) is 0 Å². The first-order chi connectivity index (χ1) is 14.0. The van der Waals surface area contributed by atoms with Crippen molar-refractivity contribution in [2.24, 2.45) is 0 Å². The standard InChI is InChI=1S/C21H25F3N2O4/c1-5-29-16(28)11-25-19-18(26-10-6-7-15(26)27)17-12(2)13(21(22,23)24)8-9-14(17)30-20(19,3)4/h8-9,25H,5-7,10-11H2,1-4H3. The molecule has 1 aromatic rings. The van der Waals surface area contributed by atoms with Gasteiger partial charge in [0.05, 0.1) is 23.6 Å². The Morgan fingerprint density at radius 1 is 1.33 bits per heavy atom. The fourth-order valence-corrected chi connectivity index (χ4v) is 3.93. The highest BCUT2D eigenvalue weighted by Crippen LogP contribution is 2.47. The lowest BCUT2D eigenvalue weighted by atomic mass is 9.89. The fourth-order valence-electron chi connectivity index (χ4n) is 3.93. The van der Waals surface area contributed by atoms with Gasteiger partial charge in [0.15, 0.2) is 0 Å². The molecular weight excluding hydrogens is 401 g/mol. The molecule has 0 bridgehead atoms. The Labute approximate surface area is 173 Å². The maximum absolute atomic E-state index is 13.6. The summed E-state index contributed by atoms with van der Waals surface area (Å²) in [6, 6.07) is 2.28. The zero-order valence-electron chi connectivity index (χ0n) is 17.4. The Morgan fingerprint density at radius 2 is 2.03 bits per heavy atom. The van der Waals surface area contributed by atoms with E-state index < -0.39 is 23.3 Å². The third kappa shape index (κ3) is 3.97. The number of esters is 1. The molecule has 1 amide bonds. The van der Waals surface area contributed by atoms with E-state index in [1.807, 2.05) is 0 Å². The lowest BCUT2D eigenvalue weighted by Crippen LogP contribution is -2.46. The first-order valence-corrected chi connectivity index (χ1v) is 9.82. The predicted octanol–water partition coefficient (Wildman–Crippen LogP) is 3.63. The van der Waals surface area contributed by atoms with Gasteiger partial charge < -0.3 is 19.7 Å². The first kappa shape index (κ1) is 22.0. The normalized spacial score (nSPS) is 18.2. The Kier molecular flexibility index (Phi) is 5.75. The van der Waals surface area contributed by atoms with E-state index in [-0.39, 0.29) is 35.9 Å². The topological polar surface area (TPSA) is 67.9 Å². The van der Waals surface area contributed by atoms with Gasteiger partial charge in [0.2, 0.25) is 5.91 Å². The van der Waals surface area contributed by atoms with Crippen LogP contribution < -0.4 is 10.1 Å². The van der Waals surface area contributed by atoms with Crippen molar-refractivity contribution >= 4 is 17.6 Å². The van der Waals surface area contributed by atoms with Crippen molar-refractivity contribution in [3.63, 3.8) is 0 Å². The van der Waals surface area contributed by atoms with Crippen molar-refractivity contribution < 1.29 is 32.2 Å². The highest BCUT2D eigenvalue weighted by molar-refractivity contribution is 5.92. The van der Waals surface area contributed by atoms with Gasteiger partial charge in [-0.1, -0.05) is 0 Å². The van der Waals surface area contributed by atoms with Crippen molar-refractivity contribution in [2.45, 2.75) is 52.3 Å². The van der Waals surface area contributed by atoms with Gasteiger partial charge in [-0.05, 0) is 51.8 Å². The van der Waals surface area contributed by atoms with E-state index in [1.54, 1.807) is 20.8 Å². The summed E-state index contributed by atoms with van der Waals surface area (Å²) in [5.41, 5.74) is -0.911. The second kappa shape index (κ2) is 7.85. The van der Waals surface area contributed by atoms with Crippen molar-refractivity contribution in [3.05, 3.63) is 34.5 Å². The molecule has 1 saturated heterocycles. The summed E-state index contributed by atoms with van der Waals surface area (Å²) in [7, 11) is 0. The van der Waals surface area contributed by atoms with E-state index >= 15 is 0 Å². The summed E-state index contributed by atoms with van der Waals surface area (Å²) < 4.78 is 51.7. The Balaban J connectivity index is 2.22. The molecule has 1 fully saturated rings. The molecule has 3 rings (SSSR count). The van der Waals surface area contributed by atoms with Crippen LogP contribution in [0.1, 0.15) is 50.3 Å². The molecule has 0 radical (unpaired) electrons. The van der Waals surface area contributed by atoms with Crippen molar-refractivity contribution in [1.82, 2.24) is 10.2 Å². The van der Waals surface area contributed by atoms with Crippen LogP contribution in [-0.2, 0) is 20.5 Å². The molecule has 0 atom stereocenters. The highest BCUT2D eigenvalue weighted by Gasteiger charge is 2.43. The van der Waals surface area contributed by atoms with Crippen molar-refractivity contribution in [3.8, 4) is 5.75 Å². The number of benzene rings is 1. The molecule has 0 aromatic heterocycles. The van der Waals surface area contributed by atoms with Gasteiger partial charge in [-0.3, -0.25) is 9.59 Å². The zero-order valence-corrected chi connectivity index (χ0v) is 17.4. The monoisotopic (exact) mass is 426 g/mol. The number of nitrogens with one attached hydrogen (secondary N) is 1. The van der Waals surface area contributed by atoms with E-state index in [4.69, 9.17) is 9.47 Å². The molecule has 1 aromatic carbocycles. The van der Waals surface area contributed by atoms with Gasteiger partial charge in [0.25, 0.3) is 0 Å². The first-order valence-electron chi connectivity index (χ1n) is 9.82. The molecule has 9 heteroatoms. The minimum absolute atomic E-state index is 0.0272. The average Bonchev–Trinajstić information content (AvgIpc) is 3.04. The van der Waals surface area contributed by atoms with Crippen LogP contribution in [0.4, 0.5) is 13.2 Å². The maximum atomic E-state index is 13.6. The second-order valence-corrected chi connectivity index (χ2v) is 7.75. The Hall–Kier alpha value is -2.71. The summed E-state index contributed by atoms with van der Waals surface area (Å²) in [5.74, 6) is -0.428. The summed E-state index contributed by atoms with van der Waals surface area (Å²) in [5, 5.41) is 2.98. The summed E-state index contributed by atoms with van der Waals surface area (Å²) in [6.45, 7) is 6.89. The number of fused-ring (bicyclic) bond motifs is 1. The number of rotatable bonds is 5. The Bertz CT molecular complexity index is 906. The molecule has 0 aliphatic carbocycles. The van der Waals surface area contributed by atoms with E-state index in [1.165, 1.54) is 17.9 Å². The predicted molar refractivity (Wildman–Crippen MR) is 103 cm³/mol. The second-order valence-electron chi connectivity index (χ2n) is 7.75. The van der Waals surface area contributed by atoms with Gasteiger partial charge in [-0.2, -0.15) is 13.2 Å². The molecule has 1 N–H and O–H groups in total. The van der Waals surface area contributed by atoms with Crippen molar-refractivity contribution in [2.75, 3.05) is 19.7 Å². The van der Waals surface area contributed by atoms with E-state index in [0.717, 1.165) is 6.07 Å². The van der Waals surface area contributed by atoms with Crippen LogP contribution in [0.15, 0.2) is 17.8 Å². The number of nitrogens with zero attached hydrogens (tertiary/aromatic N) is 1. The number of amides is 1. The van der Waals surface area contributed by atoms with Gasteiger partial charge in [-0.25, -0.2) is 0 Å². The number of hydrogen-bond acceptors (Lipinski definition) is 5. The maximum Gasteiger partial charge on any atom is 0.416 e. The van der Waals surface area contributed by atoms with Crippen LogP contribution in [0.2, 0.25) is 0 Å². The lowest BCUT2D eigenvalue weighted by Gasteiger charge is -2.40. The van der Waals surface area contributed by atoms with Crippen LogP contribution in [0.5, 0.6) is 5.75 Å². The van der Waals surface area contributed by atoms with Crippen LogP contribution >= 0.6 is 0 Å². The van der Waals surface area contributed by atoms with E-state index in [2.05, 4.69) is 5.32 Å². The quantitative estimate of drug-likeness (QED) is 0.729. The summed E-state index contributed by atoms with van der Waals surface area (Å²) in [6.07, 6.45) is -3.64. The van der Waals surface area contributed by atoms with E-state index in [0.29, 0.717) is 30.8 Å². The molecule has 2 aliphatic heterocycles. The van der Waals surface area contributed by atoms with Gasteiger partial charge in [-0.15, -0.1) is 0 Å². The average molecular weight is 426 g/mol. The van der Waals surface area contributed by atoms with Gasteiger partial charge in [0, 0.05) is 18.5 Å². The molecule has 2 heterocycles. The van der Waals surface area contributed by atoms with Gasteiger partial charge in [0.1, 0.15) is 17.9 Å². The molecule has 6 nitrogen and oxygen atoms in total. The third-order valence-electron chi connectivity index (χ3n) is 5.23. The fraction of sp³-hybridized carbons (Fsp3) is 0.524. The number of halogens is 3. The van der Waals surface area contributed by atoms with Crippen LogP contribution in [0, 0.1) is 6.92 Å². The molecule has 0 saturated carbocycles. The molecule has 0 unspecified atom stereocenters. The van der Waals surface area contributed by atoms with Gasteiger partial charge >= 0.3 is 12.1 Å². The third-order valence-corrected chi connectivity index (χ3v) is 5.23. The SMILES string of the molecule is CCOC(=O)CNC1=C(N2CCCC2=O)c2c(ccc(C(F)(F)F)c2C)OC1(C)C. The van der Waals surface area contributed by atoms with Crippen LogP contribution in [-0.4, -0.2) is 42.1 Å². The number of likely N-dealkylation sites (tertiary alicyclic amines) is 1. The van der Waals surface area contributed by atoms with Crippen molar-refractivity contribution in [1.29, 1.82) is 0 Å². The number of ether oxygens (including phenoxy) is 2. The highest BCUT2D eigenvalue weighted by atomic mass is 19.4. The molecule has 30 heavy (non-hydrogen) atoms. The summed E-state index contributed by atoms with van der Waals surface area (Å²) >= 11 is 0. The molecular formula is C21H25F3N2O4. The Morgan fingerprint density at radius 3 is 2.60 bits per heavy atom. The molecule has 164 valence electrons. The summed E-state index contributed by atoms with van der Waals surface area (Å²) in [4.78, 5) is 26.0. The lowest BCUT2D eigenvalue weighted by molar-refractivity contribution is -0.142. The minimum atomic E-state index is -4.55. The smallest absolute Gasteiger partial charge is 0.416 e. The number of carbonyl (C=O) groups is 2. The number of alkyl halides is 3. The van der Waals surface area contributed by atoms with Crippen LogP contribution in [0.25, 0.3) is 5.70 Å². The minimum Gasteiger partial charge on any atom is -0.481 e. The zero-order chi connectivity index (χ0) is 22.3. The largest absolute Gasteiger partial charge is 0.481 e. The van der Waals surface area contributed by atoms with E-state index in [9.17, 15) is 22.8 Å². The number of carbonyl (C=O) groups excluding carboxylic acids is 2. The molecule has 0 spiro atoms. The molecule has 2 aliphatic rings.